The van der Waals surface area contributed by atoms with Gasteiger partial charge in [0, 0.05) is 13.0 Å². The van der Waals surface area contributed by atoms with Crippen molar-refractivity contribution in [3.63, 3.8) is 0 Å². The highest BCUT2D eigenvalue weighted by atomic mass is 79.9. The molecule has 0 spiro atoms. The van der Waals surface area contributed by atoms with Crippen LogP contribution in [0.3, 0.4) is 0 Å². The smallest absolute Gasteiger partial charge is 0.405 e. The molecule has 2 aliphatic rings. The fraction of sp³-hybridized carbons (Fsp3) is 0.357. The van der Waals surface area contributed by atoms with Crippen molar-refractivity contribution in [1.29, 1.82) is 0 Å². The van der Waals surface area contributed by atoms with E-state index < -0.39 is 35.9 Å². The summed E-state index contributed by atoms with van der Waals surface area (Å²) in [5.74, 6) is -2.11. The predicted molar refractivity (Wildman–Crippen MR) is 76.9 cm³/mol. The lowest BCUT2D eigenvalue weighted by atomic mass is 10.0. The number of fused-ring (bicyclic) bond motifs is 1. The van der Waals surface area contributed by atoms with Crippen molar-refractivity contribution in [3.8, 4) is 5.75 Å². The first-order valence-corrected chi connectivity index (χ1v) is 7.68. The third kappa shape index (κ3) is 2.97. The van der Waals surface area contributed by atoms with E-state index in [0.717, 1.165) is 6.07 Å². The van der Waals surface area contributed by atoms with Gasteiger partial charge in [0.1, 0.15) is 11.8 Å². The molecule has 1 fully saturated rings. The van der Waals surface area contributed by atoms with Gasteiger partial charge in [-0.05, 0) is 34.0 Å². The second-order valence-corrected chi connectivity index (χ2v) is 6.15. The Morgan fingerprint density at radius 2 is 1.96 bits per heavy atom. The number of nitrogens with one attached hydrogen (secondary N) is 1. The van der Waals surface area contributed by atoms with Gasteiger partial charge >= 0.3 is 6.36 Å². The number of carbonyl (C=O) groups excluding carboxylic acids is 3. The van der Waals surface area contributed by atoms with Crippen LogP contribution in [0.4, 0.5) is 13.2 Å². The largest absolute Gasteiger partial charge is 0.573 e. The Labute approximate surface area is 142 Å². The number of ether oxygens (including phenoxy) is 1. The van der Waals surface area contributed by atoms with E-state index in [9.17, 15) is 27.6 Å². The topological polar surface area (TPSA) is 75.7 Å². The second kappa shape index (κ2) is 5.76. The molecule has 24 heavy (non-hydrogen) atoms. The van der Waals surface area contributed by atoms with E-state index in [2.05, 4.69) is 26.0 Å². The SMILES string of the molecule is O=C1CCC(N2Cc3ccc(OC(F)(F)F)c(Br)c3C2=O)C(=O)N1. The minimum Gasteiger partial charge on any atom is -0.405 e. The van der Waals surface area contributed by atoms with Gasteiger partial charge in [-0.3, -0.25) is 19.7 Å². The maximum Gasteiger partial charge on any atom is 0.573 e. The fourth-order valence-corrected chi connectivity index (χ4v) is 3.43. The number of hydrogen-bond acceptors (Lipinski definition) is 4. The number of benzene rings is 1. The molecule has 0 aromatic heterocycles. The van der Waals surface area contributed by atoms with E-state index in [0.29, 0.717) is 5.56 Å². The van der Waals surface area contributed by atoms with Gasteiger partial charge in [-0.15, -0.1) is 13.2 Å². The average molecular weight is 407 g/mol. The molecule has 1 atom stereocenters. The third-order valence-electron chi connectivity index (χ3n) is 3.82. The molecule has 3 amide bonds. The molecule has 0 bridgehead atoms. The van der Waals surface area contributed by atoms with E-state index in [1.807, 2.05) is 0 Å². The zero-order valence-corrected chi connectivity index (χ0v) is 13.5. The van der Waals surface area contributed by atoms with Gasteiger partial charge in [-0.1, -0.05) is 6.07 Å². The van der Waals surface area contributed by atoms with Crippen LogP contribution < -0.4 is 10.1 Å². The molecular formula is C14H10BrF3N2O4. The molecule has 2 heterocycles. The van der Waals surface area contributed by atoms with Crippen molar-refractivity contribution in [2.75, 3.05) is 0 Å². The fourth-order valence-electron chi connectivity index (χ4n) is 2.79. The van der Waals surface area contributed by atoms with E-state index in [1.165, 1.54) is 11.0 Å². The standard InChI is InChI=1S/C14H10BrF3N2O4/c15-11-8(24-14(16,17)18)3-1-6-5-20(13(23)10(6)11)7-2-4-9(21)19-12(7)22/h1,3,7H,2,4-5H2,(H,19,21,22). The Morgan fingerprint density at radius 1 is 1.25 bits per heavy atom. The van der Waals surface area contributed by atoms with Crippen LogP contribution in [0.1, 0.15) is 28.8 Å². The van der Waals surface area contributed by atoms with Crippen molar-refractivity contribution in [2.45, 2.75) is 31.8 Å². The minimum absolute atomic E-state index is 0.0291. The van der Waals surface area contributed by atoms with Gasteiger partial charge in [0.25, 0.3) is 5.91 Å². The zero-order valence-electron chi connectivity index (χ0n) is 11.9. The average Bonchev–Trinajstić information content (AvgIpc) is 2.79. The molecule has 1 aromatic carbocycles. The van der Waals surface area contributed by atoms with Crippen LogP contribution in [-0.4, -0.2) is 35.0 Å². The van der Waals surface area contributed by atoms with E-state index in [4.69, 9.17) is 0 Å². The number of carbonyl (C=O) groups is 3. The van der Waals surface area contributed by atoms with E-state index >= 15 is 0 Å². The van der Waals surface area contributed by atoms with Crippen molar-refractivity contribution in [3.05, 3.63) is 27.7 Å². The summed E-state index contributed by atoms with van der Waals surface area (Å²) in [4.78, 5) is 36.9. The highest BCUT2D eigenvalue weighted by Crippen LogP contribution is 2.39. The molecule has 1 saturated heterocycles. The Kier molecular flexibility index (Phi) is 4.02. The van der Waals surface area contributed by atoms with Crippen molar-refractivity contribution in [1.82, 2.24) is 10.2 Å². The summed E-state index contributed by atoms with van der Waals surface area (Å²) in [6, 6.07) is 1.63. The summed E-state index contributed by atoms with van der Waals surface area (Å²) in [7, 11) is 0. The third-order valence-corrected chi connectivity index (χ3v) is 4.61. The van der Waals surface area contributed by atoms with Crippen molar-refractivity contribution < 1.29 is 32.3 Å². The summed E-state index contributed by atoms with van der Waals surface area (Å²) >= 11 is 2.97. The normalized spacial score (nSPS) is 20.9. The van der Waals surface area contributed by atoms with Gasteiger partial charge in [-0.2, -0.15) is 0 Å². The van der Waals surface area contributed by atoms with Crippen molar-refractivity contribution >= 4 is 33.7 Å². The maximum absolute atomic E-state index is 12.6. The molecule has 2 aliphatic heterocycles. The molecule has 1 aromatic rings. The molecule has 0 aliphatic carbocycles. The second-order valence-electron chi connectivity index (χ2n) is 5.36. The van der Waals surface area contributed by atoms with Crippen LogP contribution in [0.15, 0.2) is 16.6 Å². The molecule has 1 unspecified atom stereocenters. The lowest BCUT2D eigenvalue weighted by Crippen LogP contribution is -2.52. The zero-order chi connectivity index (χ0) is 17.6. The summed E-state index contributed by atoms with van der Waals surface area (Å²) in [6.07, 6.45) is -4.62. The Bertz CT molecular complexity index is 750. The number of halogens is 4. The maximum atomic E-state index is 12.6. The van der Waals surface area contributed by atoms with Crippen LogP contribution in [0.2, 0.25) is 0 Å². The van der Waals surface area contributed by atoms with Gasteiger partial charge < -0.3 is 9.64 Å². The quantitative estimate of drug-likeness (QED) is 0.763. The Hall–Kier alpha value is -2.10. The van der Waals surface area contributed by atoms with Gasteiger partial charge in [0.15, 0.2) is 0 Å². The molecule has 3 rings (SSSR count). The van der Waals surface area contributed by atoms with Crippen LogP contribution in [-0.2, 0) is 16.1 Å². The van der Waals surface area contributed by atoms with Crippen LogP contribution in [0.5, 0.6) is 5.75 Å². The Morgan fingerprint density at radius 3 is 2.58 bits per heavy atom. The number of amides is 3. The molecule has 6 nitrogen and oxygen atoms in total. The van der Waals surface area contributed by atoms with Crippen LogP contribution >= 0.6 is 15.9 Å². The monoisotopic (exact) mass is 406 g/mol. The molecule has 10 heteroatoms. The predicted octanol–water partition coefficient (Wildman–Crippen LogP) is 2.11. The first-order valence-electron chi connectivity index (χ1n) is 6.89. The highest BCUT2D eigenvalue weighted by molar-refractivity contribution is 9.10. The van der Waals surface area contributed by atoms with E-state index in [1.54, 1.807) is 0 Å². The molecule has 128 valence electrons. The summed E-state index contributed by atoms with van der Waals surface area (Å²) < 4.78 is 41.0. The number of alkyl halides is 3. The first-order chi connectivity index (χ1) is 11.2. The summed E-state index contributed by atoms with van der Waals surface area (Å²) in [5, 5.41) is 2.15. The highest BCUT2D eigenvalue weighted by Gasteiger charge is 2.41. The molecule has 0 radical (unpaired) electrons. The summed E-state index contributed by atoms with van der Waals surface area (Å²) in [5.41, 5.74) is 0.507. The number of rotatable bonds is 2. The first kappa shape index (κ1) is 16.7. The van der Waals surface area contributed by atoms with Crippen LogP contribution in [0, 0.1) is 0 Å². The lowest BCUT2D eigenvalue weighted by Gasteiger charge is -2.29. The number of hydrogen-bond donors (Lipinski definition) is 1. The lowest BCUT2D eigenvalue weighted by molar-refractivity contribution is -0.274. The number of imide groups is 1. The minimum atomic E-state index is -4.89. The molecular weight excluding hydrogens is 397 g/mol. The molecule has 1 N–H and O–H groups in total. The Balaban J connectivity index is 1.89. The van der Waals surface area contributed by atoms with Gasteiger partial charge in [0.05, 0.1) is 10.0 Å². The van der Waals surface area contributed by atoms with Crippen molar-refractivity contribution in [2.24, 2.45) is 0 Å². The molecule has 0 saturated carbocycles. The van der Waals surface area contributed by atoms with Crippen LogP contribution in [0.25, 0.3) is 0 Å². The van der Waals surface area contributed by atoms with E-state index in [-0.39, 0.29) is 29.4 Å². The number of piperidine rings is 1. The number of nitrogens with zero attached hydrogens (tertiary/aromatic N) is 1. The van der Waals surface area contributed by atoms with Gasteiger partial charge in [-0.25, -0.2) is 0 Å². The van der Waals surface area contributed by atoms with Gasteiger partial charge in [0.2, 0.25) is 11.8 Å². The summed E-state index contributed by atoms with van der Waals surface area (Å²) in [6.45, 7) is 0.0747.